The van der Waals surface area contributed by atoms with Gasteiger partial charge in [0.05, 0.1) is 19.2 Å². The molecular weight excluding hydrogens is 169 g/mol. The smallest absolute Gasteiger partial charge is 0.215 e. The minimum atomic E-state index is 0.0302. The lowest BCUT2D eigenvalue weighted by Crippen LogP contribution is -2.41. The van der Waals surface area contributed by atoms with E-state index in [1.807, 2.05) is 0 Å². The van der Waals surface area contributed by atoms with Gasteiger partial charge in [0.2, 0.25) is 5.91 Å². The Morgan fingerprint density at radius 1 is 1.69 bits per heavy atom. The number of ether oxygens (including phenoxy) is 1. The molecule has 4 nitrogen and oxygen atoms in total. The summed E-state index contributed by atoms with van der Waals surface area (Å²) in [5, 5.41) is 0. The van der Waals surface area contributed by atoms with Gasteiger partial charge in [-0.2, -0.15) is 0 Å². The number of carbonyl (C=O) groups excluding carboxylic acids is 2. The molecule has 1 rings (SSSR count). The zero-order valence-corrected chi connectivity index (χ0v) is 7.86. The maximum Gasteiger partial charge on any atom is 0.215 e. The van der Waals surface area contributed by atoms with Gasteiger partial charge in [-0.25, -0.2) is 0 Å². The van der Waals surface area contributed by atoms with Crippen LogP contribution in [0.3, 0.4) is 0 Å². The second-order valence-corrected chi connectivity index (χ2v) is 3.08. The molecule has 13 heavy (non-hydrogen) atoms. The van der Waals surface area contributed by atoms with Crippen molar-refractivity contribution in [2.45, 2.75) is 18.8 Å². The van der Waals surface area contributed by atoms with Crippen molar-refractivity contribution in [2.24, 2.45) is 0 Å². The largest absolute Gasteiger partial charge is 0.379 e. The summed E-state index contributed by atoms with van der Waals surface area (Å²) >= 11 is 0. The first-order valence-electron chi connectivity index (χ1n) is 4.60. The standard InChI is InChI=1S/C8H14BNO3/c9-5-8(12)10(2-3-11)7-1-4-13-6-7/h3,7H,1-2,4-6,9H2. The van der Waals surface area contributed by atoms with Crippen LogP contribution in [0, 0.1) is 0 Å². The van der Waals surface area contributed by atoms with Gasteiger partial charge >= 0.3 is 0 Å². The summed E-state index contributed by atoms with van der Waals surface area (Å²) in [4.78, 5) is 23.4. The zero-order valence-electron chi connectivity index (χ0n) is 7.86. The summed E-state index contributed by atoms with van der Waals surface area (Å²) in [7, 11) is 1.80. The van der Waals surface area contributed by atoms with Gasteiger partial charge in [0, 0.05) is 6.61 Å². The zero-order chi connectivity index (χ0) is 9.68. The Bertz CT molecular complexity index is 192. The minimum absolute atomic E-state index is 0.0302. The highest BCUT2D eigenvalue weighted by Gasteiger charge is 2.25. The second-order valence-electron chi connectivity index (χ2n) is 3.08. The molecule has 1 atom stereocenters. The van der Waals surface area contributed by atoms with E-state index in [0.29, 0.717) is 19.5 Å². The lowest BCUT2D eigenvalue weighted by molar-refractivity contribution is -0.133. The lowest BCUT2D eigenvalue weighted by atomic mass is 10.0. The third-order valence-corrected chi connectivity index (χ3v) is 2.24. The first-order chi connectivity index (χ1) is 6.29. The number of nitrogens with zero attached hydrogens (tertiary/aromatic N) is 1. The van der Waals surface area contributed by atoms with Gasteiger partial charge in [-0.15, -0.1) is 0 Å². The van der Waals surface area contributed by atoms with E-state index in [9.17, 15) is 9.59 Å². The first kappa shape index (κ1) is 10.2. The normalized spacial score (nSPS) is 21.4. The second kappa shape index (κ2) is 5.02. The Balaban J connectivity index is 2.54. The van der Waals surface area contributed by atoms with Gasteiger partial charge in [0.1, 0.15) is 14.1 Å². The predicted octanol–water partition coefficient (Wildman–Crippen LogP) is -1.15. The maximum absolute atomic E-state index is 11.4. The molecule has 1 amide bonds. The van der Waals surface area contributed by atoms with Gasteiger partial charge in [0.25, 0.3) is 0 Å². The van der Waals surface area contributed by atoms with Crippen LogP contribution in [-0.4, -0.2) is 50.7 Å². The van der Waals surface area contributed by atoms with Gasteiger partial charge in [-0.3, -0.25) is 4.79 Å². The molecule has 0 saturated carbocycles. The number of amides is 1. The van der Waals surface area contributed by atoms with Crippen LogP contribution in [0.2, 0.25) is 6.32 Å². The summed E-state index contributed by atoms with van der Waals surface area (Å²) < 4.78 is 5.17. The summed E-state index contributed by atoms with van der Waals surface area (Å²) in [5.41, 5.74) is 0. The molecule has 0 aromatic heterocycles. The average molecular weight is 183 g/mol. The molecule has 5 heteroatoms. The van der Waals surface area contributed by atoms with Gasteiger partial charge in [0.15, 0.2) is 0 Å². The quantitative estimate of drug-likeness (QED) is 0.408. The Hall–Kier alpha value is -0.835. The van der Waals surface area contributed by atoms with Crippen LogP contribution >= 0.6 is 0 Å². The van der Waals surface area contributed by atoms with Crippen molar-refractivity contribution in [2.75, 3.05) is 19.8 Å². The topological polar surface area (TPSA) is 46.6 Å². The van der Waals surface area contributed by atoms with Crippen molar-refractivity contribution < 1.29 is 14.3 Å². The fourth-order valence-corrected chi connectivity index (χ4v) is 1.51. The lowest BCUT2D eigenvalue weighted by Gasteiger charge is -2.25. The van der Waals surface area contributed by atoms with Crippen molar-refractivity contribution >= 4 is 20.0 Å². The molecule has 1 aliphatic rings. The maximum atomic E-state index is 11.4. The molecule has 1 saturated heterocycles. The van der Waals surface area contributed by atoms with E-state index in [2.05, 4.69) is 0 Å². The highest BCUT2D eigenvalue weighted by atomic mass is 16.5. The van der Waals surface area contributed by atoms with Crippen LogP contribution in [0.25, 0.3) is 0 Å². The van der Waals surface area contributed by atoms with Gasteiger partial charge < -0.3 is 14.4 Å². The van der Waals surface area contributed by atoms with Crippen molar-refractivity contribution in [1.29, 1.82) is 0 Å². The van der Waals surface area contributed by atoms with Crippen molar-refractivity contribution in [3.63, 3.8) is 0 Å². The van der Waals surface area contributed by atoms with Gasteiger partial charge in [-0.1, -0.05) is 0 Å². The van der Waals surface area contributed by atoms with E-state index in [1.165, 1.54) is 0 Å². The molecule has 0 aromatic rings. The summed E-state index contributed by atoms with van der Waals surface area (Å²) in [6, 6.07) is 0.109. The minimum Gasteiger partial charge on any atom is -0.379 e. The van der Waals surface area contributed by atoms with Gasteiger partial charge in [-0.05, 0) is 12.7 Å². The third-order valence-electron chi connectivity index (χ3n) is 2.24. The van der Waals surface area contributed by atoms with Crippen molar-refractivity contribution in [3.05, 3.63) is 0 Å². The highest BCUT2D eigenvalue weighted by molar-refractivity contribution is 6.19. The predicted molar refractivity (Wildman–Crippen MR) is 50.4 cm³/mol. The van der Waals surface area contributed by atoms with Crippen LogP contribution in [0.5, 0.6) is 0 Å². The van der Waals surface area contributed by atoms with E-state index in [1.54, 1.807) is 12.7 Å². The van der Waals surface area contributed by atoms with E-state index >= 15 is 0 Å². The molecule has 0 radical (unpaired) electrons. The Labute approximate surface area is 78.6 Å². The van der Waals surface area contributed by atoms with E-state index < -0.39 is 0 Å². The molecule has 1 fully saturated rings. The number of rotatable bonds is 4. The summed E-state index contributed by atoms with van der Waals surface area (Å²) in [5.74, 6) is 0.0302. The fraction of sp³-hybridized carbons (Fsp3) is 0.750. The monoisotopic (exact) mass is 183 g/mol. The molecular formula is C8H14BNO3. The molecule has 0 spiro atoms. The van der Waals surface area contributed by atoms with E-state index in [-0.39, 0.29) is 18.5 Å². The Kier molecular flexibility index (Phi) is 3.95. The third kappa shape index (κ3) is 2.55. The van der Waals surface area contributed by atoms with Crippen molar-refractivity contribution in [3.8, 4) is 0 Å². The molecule has 1 aliphatic heterocycles. The molecule has 1 unspecified atom stereocenters. The Morgan fingerprint density at radius 3 is 2.92 bits per heavy atom. The number of hydrogen-bond donors (Lipinski definition) is 0. The average Bonchev–Trinajstić information content (AvgIpc) is 2.65. The van der Waals surface area contributed by atoms with Crippen LogP contribution < -0.4 is 0 Å². The Morgan fingerprint density at radius 2 is 2.46 bits per heavy atom. The fourth-order valence-electron chi connectivity index (χ4n) is 1.51. The molecule has 0 aliphatic carbocycles. The highest BCUT2D eigenvalue weighted by Crippen LogP contribution is 2.12. The first-order valence-corrected chi connectivity index (χ1v) is 4.60. The van der Waals surface area contributed by atoms with E-state index in [0.717, 1.165) is 12.7 Å². The molecule has 1 heterocycles. The number of aldehydes is 1. The number of hydrogen-bond acceptors (Lipinski definition) is 3. The van der Waals surface area contributed by atoms with Crippen LogP contribution in [0.4, 0.5) is 0 Å². The van der Waals surface area contributed by atoms with Crippen LogP contribution in [0.1, 0.15) is 6.42 Å². The van der Waals surface area contributed by atoms with Crippen molar-refractivity contribution in [1.82, 2.24) is 4.90 Å². The molecule has 72 valence electrons. The SMILES string of the molecule is BCC(=O)N(CC=O)C1CCOC1. The van der Waals surface area contributed by atoms with Crippen LogP contribution in [0.15, 0.2) is 0 Å². The summed E-state index contributed by atoms with van der Waals surface area (Å²) in [6.07, 6.45) is 2.07. The van der Waals surface area contributed by atoms with E-state index in [4.69, 9.17) is 4.74 Å². The van der Waals surface area contributed by atoms with Crippen LogP contribution in [-0.2, 0) is 14.3 Å². The summed E-state index contributed by atoms with van der Waals surface area (Å²) in [6.45, 7) is 1.46. The molecule has 0 N–H and O–H groups in total. The molecule has 0 aromatic carbocycles. The number of carbonyl (C=O) groups is 2. The molecule has 0 bridgehead atoms.